The maximum Gasteiger partial charge on any atom is 0.334 e. The van der Waals surface area contributed by atoms with E-state index in [1.165, 1.54) is 6.92 Å². The van der Waals surface area contributed by atoms with Crippen LogP contribution in [0.15, 0.2) is 0 Å². The molecule has 10 heavy (non-hydrogen) atoms. The number of esters is 1. The molecule has 1 N–H and O–H groups in total. The molecule has 0 heterocycles. The summed E-state index contributed by atoms with van der Waals surface area (Å²) < 4.78 is 15.8. The fourth-order valence-electron chi connectivity index (χ4n) is 0.348. The Morgan fingerprint density at radius 1 is 1.80 bits per heavy atom. The topological polar surface area (TPSA) is 46.5 Å². The normalized spacial score (nSPS) is 12.7. The van der Waals surface area contributed by atoms with E-state index in [2.05, 4.69) is 4.74 Å². The lowest BCUT2D eigenvalue weighted by atomic mass is 10.4. The predicted octanol–water partition coefficient (Wildman–Crippen LogP) is 0.270. The van der Waals surface area contributed by atoms with Crippen LogP contribution in [0.25, 0.3) is 0 Å². The fraction of sp³-hybridized carbons (Fsp3) is 0.833. The van der Waals surface area contributed by atoms with E-state index in [0.717, 1.165) is 0 Å². The average molecular weight is 150 g/mol. The predicted molar refractivity (Wildman–Crippen MR) is 33.2 cm³/mol. The Morgan fingerprint density at radius 2 is 2.40 bits per heavy atom. The van der Waals surface area contributed by atoms with Gasteiger partial charge < -0.3 is 9.84 Å². The third kappa shape index (κ3) is 4.26. The number of rotatable bonds is 4. The SMILES string of the molecule is CC(O)C(=O)OCCCF. The van der Waals surface area contributed by atoms with E-state index in [1.54, 1.807) is 0 Å². The van der Waals surface area contributed by atoms with Gasteiger partial charge in [-0.15, -0.1) is 0 Å². The molecule has 0 saturated heterocycles. The lowest BCUT2D eigenvalue weighted by Crippen LogP contribution is -2.19. The van der Waals surface area contributed by atoms with Gasteiger partial charge in [0, 0.05) is 6.42 Å². The quantitative estimate of drug-likeness (QED) is 0.462. The van der Waals surface area contributed by atoms with Crippen LogP contribution in [0.3, 0.4) is 0 Å². The summed E-state index contributed by atoms with van der Waals surface area (Å²) in [6.07, 6.45) is -0.919. The van der Waals surface area contributed by atoms with Crippen molar-refractivity contribution in [2.75, 3.05) is 13.3 Å². The van der Waals surface area contributed by atoms with E-state index < -0.39 is 18.7 Å². The average Bonchev–Trinajstić information content (AvgIpc) is 1.88. The van der Waals surface area contributed by atoms with Crippen LogP contribution in [-0.4, -0.2) is 30.5 Å². The summed E-state index contributed by atoms with van der Waals surface area (Å²) in [4.78, 5) is 10.4. The lowest BCUT2D eigenvalue weighted by molar-refractivity contribution is -0.152. The third-order valence-electron chi connectivity index (χ3n) is 0.863. The van der Waals surface area contributed by atoms with Crippen molar-refractivity contribution in [2.45, 2.75) is 19.4 Å². The van der Waals surface area contributed by atoms with Crippen molar-refractivity contribution in [1.82, 2.24) is 0 Å². The van der Waals surface area contributed by atoms with E-state index in [-0.39, 0.29) is 13.0 Å². The van der Waals surface area contributed by atoms with E-state index in [1.807, 2.05) is 0 Å². The Labute approximate surface area is 58.8 Å². The first-order valence-corrected chi connectivity index (χ1v) is 3.09. The van der Waals surface area contributed by atoms with Gasteiger partial charge in [0.1, 0.15) is 6.10 Å². The maximum atomic E-state index is 11.4. The van der Waals surface area contributed by atoms with Gasteiger partial charge in [-0.1, -0.05) is 0 Å². The summed E-state index contributed by atoms with van der Waals surface area (Å²) in [5.41, 5.74) is 0. The van der Waals surface area contributed by atoms with Crippen LogP contribution in [-0.2, 0) is 9.53 Å². The first-order chi connectivity index (χ1) is 4.68. The van der Waals surface area contributed by atoms with Crippen molar-refractivity contribution >= 4 is 5.97 Å². The molecule has 60 valence electrons. The van der Waals surface area contributed by atoms with Gasteiger partial charge in [0.2, 0.25) is 0 Å². The summed E-state index contributed by atoms with van der Waals surface area (Å²) in [5.74, 6) is -0.701. The molecule has 0 spiro atoms. The van der Waals surface area contributed by atoms with Crippen molar-refractivity contribution in [1.29, 1.82) is 0 Å². The molecule has 0 radical (unpaired) electrons. The van der Waals surface area contributed by atoms with Gasteiger partial charge in [-0.2, -0.15) is 0 Å². The minimum atomic E-state index is -1.11. The molecule has 0 bridgehead atoms. The highest BCUT2D eigenvalue weighted by Crippen LogP contribution is 1.89. The number of aliphatic hydroxyl groups excluding tert-OH is 1. The zero-order chi connectivity index (χ0) is 7.98. The van der Waals surface area contributed by atoms with E-state index in [9.17, 15) is 9.18 Å². The van der Waals surface area contributed by atoms with Gasteiger partial charge in [0.25, 0.3) is 0 Å². The molecule has 0 saturated carbocycles. The third-order valence-corrected chi connectivity index (χ3v) is 0.863. The Balaban J connectivity index is 3.22. The number of carbonyl (C=O) groups is 1. The summed E-state index contributed by atoms with van der Waals surface area (Å²) in [6.45, 7) is 0.838. The molecule has 0 aliphatic carbocycles. The molecule has 3 nitrogen and oxygen atoms in total. The van der Waals surface area contributed by atoms with Gasteiger partial charge in [-0.05, 0) is 6.92 Å². The smallest absolute Gasteiger partial charge is 0.334 e. The molecule has 0 aromatic rings. The van der Waals surface area contributed by atoms with E-state index >= 15 is 0 Å². The summed E-state index contributed by atoms with van der Waals surface area (Å²) >= 11 is 0. The van der Waals surface area contributed by atoms with Crippen molar-refractivity contribution in [3.8, 4) is 0 Å². The zero-order valence-electron chi connectivity index (χ0n) is 5.84. The molecule has 0 aliphatic rings. The van der Waals surface area contributed by atoms with Crippen molar-refractivity contribution in [3.63, 3.8) is 0 Å². The molecule has 1 unspecified atom stereocenters. The van der Waals surface area contributed by atoms with Gasteiger partial charge in [0.15, 0.2) is 0 Å². The molecule has 0 fully saturated rings. The lowest BCUT2D eigenvalue weighted by Gasteiger charge is -2.03. The second kappa shape index (κ2) is 5.17. The van der Waals surface area contributed by atoms with Crippen LogP contribution in [0, 0.1) is 0 Å². The summed E-state index contributed by atoms with van der Waals surface area (Å²) in [6, 6.07) is 0. The Bertz CT molecular complexity index is 103. The van der Waals surface area contributed by atoms with Crippen LogP contribution in [0.5, 0.6) is 0 Å². The first kappa shape index (κ1) is 9.36. The van der Waals surface area contributed by atoms with Crippen LogP contribution in [0.1, 0.15) is 13.3 Å². The molecular weight excluding hydrogens is 139 g/mol. The maximum absolute atomic E-state index is 11.4. The number of ether oxygens (including phenoxy) is 1. The Morgan fingerprint density at radius 3 is 2.80 bits per heavy atom. The molecule has 0 aliphatic heterocycles. The highest BCUT2D eigenvalue weighted by molar-refractivity contribution is 5.73. The van der Waals surface area contributed by atoms with Gasteiger partial charge in [0.05, 0.1) is 13.3 Å². The van der Waals surface area contributed by atoms with Crippen molar-refractivity contribution in [3.05, 3.63) is 0 Å². The standard InChI is InChI=1S/C6H11FO3/c1-5(8)6(9)10-4-2-3-7/h5,8H,2-4H2,1H3. The van der Waals surface area contributed by atoms with Gasteiger partial charge in [-0.25, -0.2) is 4.79 Å². The second-order valence-electron chi connectivity index (χ2n) is 1.89. The number of aliphatic hydroxyl groups is 1. The fourth-order valence-corrected chi connectivity index (χ4v) is 0.348. The van der Waals surface area contributed by atoms with Crippen molar-refractivity contribution < 1.29 is 19.0 Å². The molecule has 0 amide bonds. The number of carbonyl (C=O) groups excluding carboxylic acids is 1. The second-order valence-corrected chi connectivity index (χ2v) is 1.89. The summed E-state index contributed by atoms with van der Waals surface area (Å²) in [7, 11) is 0. The van der Waals surface area contributed by atoms with Gasteiger partial charge in [-0.3, -0.25) is 4.39 Å². The van der Waals surface area contributed by atoms with Gasteiger partial charge >= 0.3 is 5.97 Å². The molecule has 0 rings (SSSR count). The molecule has 1 atom stereocenters. The minimum absolute atomic E-state index is 0.0419. The van der Waals surface area contributed by atoms with Crippen LogP contribution >= 0.6 is 0 Å². The zero-order valence-corrected chi connectivity index (χ0v) is 5.84. The number of hydrogen-bond donors (Lipinski definition) is 1. The number of hydrogen-bond acceptors (Lipinski definition) is 3. The highest BCUT2D eigenvalue weighted by Gasteiger charge is 2.08. The Hall–Kier alpha value is -0.640. The Kier molecular flexibility index (Phi) is 4.84. The molecular formula is C6H11FO3. The first-order valence-electron chi connectivity index (χ1n) is 3.09. The highest BCUT2D eigenvalue weighted by atomic mass is 19.1. The molecule has 0 aromatic heterocycles. The monoisotopic (exact) mass is 150 g/mol. The van der Waals surface area contributed by atoms with Crippen LogP contribution in [0.4, 0.5) is 4.39 Å². The van der Waals surface area contributed by atoms with Crippen LogP contribution in [0.2, 0.25) is 0 Å². The number of alkyl halides is 1. The van der Waals surface area contributed by atoms with E-state index in [0.29, 0.717) is 0 Å². The largest absolute Gasteiger partial charge is 0.464 e. The van der Waals surface area contributed by atoms with Crippen molar-refractivity contribution in [2.24, 2.45) is 0 Å². The molecule has 4 heteroatoms. The summed E-state index contributed by atoms with van der Waals surface area (Å²) in [5, 5.41) is 8.55. The number of halogens is 1. The molecule has 0 aromatic carbocycles. The van der Waals surface area contributed by atoms with Crippen LogP contribution < -0.4 is 0 Å². The minimum Gasteiger partial charge on any atom is -0.464 e. The van der Waals surface area contributed by atoms with E-state index in [4.69, 9.17) is 5.11 Å².